The van der Waals surface area contributed by atoms with Crippen molar-refractivity contribution < 1.29 is 18.7 Å². The first-order valence-electron chi connectivity index (χ1n) is 11.6. The lowest BCUT2D eigenvalue weighted by Crippen LogP contribution is -2.47. The van der Waals surface area contributed by atoms with Gasteiger partial charge in [0.1, 0.15) is 11.6 Å². The van der Waals surface area contributed by atoms with Crippen molar-refractivity contribution in [3.05, 3.63) is 53.3 Å². The van der Waals surface area contributed by atoms with Crippen LogP contribution in [0.1, 0.15) is 12.8 Å². The average Bonchev–Trinajstić information content (AvgIpc) is 3.25. The lowest BCUT2D eigenvalue weighted by Gasteiger charge is -2.36. The third-order valence-electron chi connectivity index (χ3n) is 6.47. The molecule has 34 heavy (non-hydrogen) atoms. The van der Waals surface area contributed by atoms with Crippen molar-refractivity contribution in [3.63, 3.8) is 0 Å². The summed E-state index contributed by atoms with van der Waals surface area (Å²) in [6.07, 6.45) is 1.00. The summed E-state index contributed by atoms with van der Waals surface area (Å²) in [5, 5.41) is 2.93. The van der Waals surface area contributed by atoms with Crippen molar-refractivity contribution in [2.45, 2.75) is 12.8 Å². The highest BCUT2D eigenvalue weighted by molar-refractivity contribution is 6.31. The minimum Gasteiger partial charge on any atom is -0.497 e. The van der Waals surface area contributed by atoms with E-state index in [1.807, 2.05) is 12.1 Å². The Balaban J connectivity index is 1.16. The predicted octanol–water partition coefficient (Wildman–Crippen LogP) is 3.17. The first kappa shape index (κ1) is 24.3. The van der Waals surface area contributed by atoms with E-state index in [1.54, 1.807) is 7.11 Å². The summed E-state index contributed by atoms with van der Waals surface area (Å²) >= 11 is 5.83. The average molecular weight is 489 g/mol. The van der Waals surface area contributed by atoms with E-state index in [4.69, 9.17) is 16.3 Å². The van der Waals surface area contributed by atoms with Gasteiger partial charge in [0.2, 0.25) is 11.8 Å². The molecule has 182 valence electrons. The zero-order chi connectivity index (χ0) is 24.1. The molecule has 9 heteroatoms. The van der Waals surface area contributed by atoms with Gasteiger partial charge in [0, 0.05) is 57.1 Å². The van der Waals surface area contributed by atoms with E-state index < -0.39 is 11.7 Å². The van der Waals surface area contributed by atoms with Crippen LogP contribution in [0, 0.1) is 11.7 Å². The van der Waals surface area contributed by atoms with Gasteiger partial charge in [-0.05, 0) is 55.4 Å². The number of methoxy groups -OCH3 is 1. The van der Waals surface area contributed by atoms with Gasteiger partial charge in [0.15, 0.2) is 0 Å². The Morgan fingerprint density at radius 2 is 1.82 bits per heavy atom. The van der Waals surface area contributed by atoms with Crippen molar-refractivity contribution in [1.29, 1.82) is 0 Å². The Hall–Kier alpha value is -2.84. The molecule has 4 rings (SSSR count). The second-order valence-electron chi connectivity index (χ2n) is 8.68. The number of halogens is 2. The van der Waals surface area contributed by atoms with Crippen molar-refractivity contribution in [1.82, 2.24) is 10.2 Å². The molecule has 2 amide bonds. The highest BCUT2D eigenvalue weighted by Crippen LogP contribution is 2.28. The lowest BCUT2D eigenvalue weighted by molar-refractivity contribution is -0.126. The molecule has 1 atom stereocenters. The number of rotatable bonds is 8. The third-order valence-corrected chi connectivity index (χ3v) is 6.76. The largest absolute Gasteiger partial charge is 0.497 e. The fraction of sp³-hybridized carbons (Fsp3) is 0.440. The molecule has 2 aliphatic rings. The number of anilines is 2. The molecule has 1 N–H and O–H groups in total. The second-order valence-corrected chi connectivity index (χ2v) is 9.08. The van der Waals surface area contributed by atoms with Crippen molar-refractivity contribution in [3.8, 4) is 5.75 Å². The molecule has 0 aromatic heterocycles. The van der Waals surface area contributed by atoms with Crippen LogP contribution in [0.15, 0.2) is 42.5 Å². The van der Waals surface area contributed by atoms with Crippen molar-refractivity contribution in [2.75, 3.05) is 62.7 Å². The summed E-state index contributed by atoms with van der Waals surface area (Å²) < 4.78 is 18.6. The lowest BCUT2D eigenvalue weighted by atomic mass is 10.1. The van der Waals surface area contributed by atoms with Gasteiger partial charge in [-0.3, -0.25) is 14.5 Å². The summed E-state index contributed by atoms with van der Waals surface area (Å²) in [5.41, 5.74) is 1.72. The van der Waals surface area contributed by atoms with Crippen LogP contribution >= 0.6 is 11.6 Å². The monoisotopic (exact) mass is 488 g/mol. The standard InChI is InChI=1S/C25H30ClFN4O3/c1-34-21-6-3-19(4-7-21)30-13-11-29(12-14-30)10-2-9-28-25(33)18-15-24(32)31(17-18)20-5-8-23(27)22(26)16-20/h3-8,16,18H,2,9-15,17H2,1H3,(H,28,33)/t18-/m0/s1. The Kier molecular flexibility index (Phi) is 7.90. The number of ether oxygens (including phenoxy) is 1. The van der Waals surface area contributed by atoms with Crippen LogP contribution < -0.4 is 19.9 Å². The van der Waals surface area contributed by atoms with Crippen LogP contribution in [0.5, 0.6) is 5.75 Å². The van der Waals surface area contributed by atoms with E-state index >= 15 is 0 Å². The summed E-state index contributed by atoms with van der Waals surface area (Å²) in [6, 6.07) is 12.3. The molecule has 2 aromatic rings. The smallest absolute Gasteiger partial charge is 0.227 e. The van der Waals surface area contributed by atoms with Gasteiger partial charge in [0.05, 0.1) is 18.1 Å². The first-order chi connectivity index (χ1) is 16.4. The Labute approximate surface area is 204 Å². The number of hydrogen-bond donors (Lipinski definition) is 1. The molecular formula is C25H30ClFN4O3. The summed E-state index contributed by atoms with van der Waals surface area (Å²) in [7, 11) is 1.67. The number of benzene rings is 2. The maximum absolute atomic E-state index is 13.4. The zero-order valence-electron chi connectivity index (χ0n) is 19.3. The van der Waals surface area contributed by atoms with E-state index in [1.165, 1.54) is 28.8 Å². The van der Waals surface area contributed by atoms with Crippen molar-refractivity contribution in [2.24, 2.45) is 5.92 Å². The van der Waals surface area contributed by atoms with Gasteiger partial charge in [-0.25, -0.2) is 4.39 Å². The van der Waals surface area contributed by atoms with Gasteiger partial charge < -0.3 is 19.9 Å². The molecule has 2 saturated heterocycles. The molecule has 2 aliphatic heterocycles. The number of piperazine rings is 1. The van der Waals surface area contributed by atoms with Gasteiger partial charge >= 0.3 is 0 Å². The SMILES string of the molecule is COc1ccc(N2CCN(CCCNC(=O)[C@H]3CC(=O)N(c4ccc(F)c(Cl)c4)C3)CC2)cc1. The van der Waals surface area contributed by atoms with Crippen molar-refractivity contribution >= 4 is 34.8 Å². The second kappa shape index (κ2) is 11.1. The van der Waals surface area contributed by atoms with Gasteiger partial charge in [0.25, 0.3) is 0 Å². The topological polar surface area (TPSA) is 65.1 Å². The van der Waals surface area contributed by atoms with Crippen LogP contribution in [0.3, 0.4) is 0 Å². The third kappa shape index (κ3) is 5.80. The first-order valence-corrected chi connectivity index (χ1v) is 12.0. The van der Waals surface area contributed by atoms with E-state index in [0.29, 0.717) is 12.2 Å². The van der Waals surface area contributed by atoms with Crippen LogP contribution in [0.2, 0.25) is 5.02 Å². The fourth-order valence-electron chi connectivity index (χ4n) is 4.47. The van der Waals surface area contributed by atoms with Crippen LogP contribution in [0.4, 0.5) is 15.8 Å². The fourth-order valence-corrected chi connectivity index (χ4v) is 4.64. The Morgan fingerprint density at radius 3 is 2.50 bits per heavy atom. The van der Waals surface area contributed by atoms with E-state index in [2.05, 4.69) is 27.2 Å². The van der Waals surface area contributed by atoms with E-state index in [-0.39, 0.29) is 29.8 Å². The molecule has 0 saturated carbocycles. The molecule has 0 aliphatic carbocycles. The number of nitrogens with one attached hydrogen (secondary N) is 1. The normalized spacial score (nSPS) is 18.9. The highest BCUT2D eigenvalue weighted by Gasteiger charge is 2.35. The predicted molar refractivity (Wildman–Crippen MR) is 131 cm³/mol. The molecule has 2 heterocycles. The summed E-state index contributed by atoms with van der Waals surface area (Å²) in [4.78, 5) is 31.2. The minimum atomic E-state index is -0.534. The van der Waals surface area contributed by atoms with Gasteiger partial charge in [-0.1, -0.05) is 11.6 Å². The Morgan fingerprint density at radius 1 is 1.12 bits per heavy atom. The quantitative estimate of drug-likeness (QED) is 0.578. The number of amides is 2. The summed E-state index contributed by atoms with van der Waals surface area (Å²) in [6.45, 7) is 5.65. The maximum atomic E-state index is 13.4. The molecule has 2 fully saturated rings. The number of carbonyl (C=O) groups excluding carboxylic acids is 2. The van der Waals surface area contributed by atoms with E-state index in [0.717, 1.165) is 44.9 Å². The Bertz CT molecular complexity index is 1010. The highest BCUT2D eigenvalue weighted by atomic mass is 35.5. The number of nitrogens with zero attached hydrogens (tertiary/aromatic N) is 3. The maximum Gasteiger partial charge on any atom is 0.227 e. The van der Waals surface area contributed by atoms with Crippen LogP contribution in [-0.2, 0) is 9.59 Å². The van der Waals surface area contributed by atoms with Crippen LogP contribution in [0.25, 0.3) is 0 Å². The molecule has 0 radical (unpaired) electrons. The summed E-state index contributed by atoms with van der Waals surface area (Å²) in [5.74, 6) is -0.359. The molecular weight excluding hydrogens is 459 g/mol. The molecule has 7 nitrogen and oxygen atoms in total. The van der Waals surface area contributed by atoms with Gasteiger partial charge in [-0.15, -0.1) is 0 Å². The van der Waals surface area contributed by atoms with Crippen LogP contribution in [-0.4, -0.2) is 69.6 Å². The molecule has 2 aromatic carbocycles. The number of carbonyl (C=O) groups is 2. The molecule has 0 spiro atoms. The number of hydrogen-bond acceptors (Lipinski definition) is 5. The minimum absolute atomic E-state index is 0.0389. The van der Waals surface area contributed by atoms with Gasteiger partial charge in [-0.2, -0.15) is 0 Å². The molecule has 0 bridgehead atoms. The zero-order valence-corrected chi connectivity index (χ0v) is 20.1. The molecule has 0 unspecified atom stereocenters. The van der Waals surface area contributed by atoms with E-state index in [9.17, 15) is 14.0 Å².